The highest BCUT2D eigenvalue weighted by molar-refractivity contribution is 6.13. The number of hydrogen-bond donors (Lipinski definition) is 2. The maximum atomic E-state index is 13.0. The molecule has 2 heterocycles. The minimum absolute atomic E-state index is 0.114. The first-order valence-electron chi connectivity index (χ1n) is 11.1. The first-order chi connectivity index (χ1) is 15.2. The highest BCUT2D eigenvalue weighted by Gasteiger charge is 2.17. The highest BCUT2D eigenvalue weighted by atomic mass is 16.1. The Kier molecular flexibility index (Phi) is 5.29. The van der Waals surface area contributed by atoms with E-state index in [9.17, 15) is 4.79 Å². The van der Waals surface area contributed by atoms with Gasteiger partial charge in [0.05, 0.1) is 11.2 Å². The molecule has 4 nitrogen and oxygen atoms in total. The Labute approximate surface area is 182 Å². The molecule has 5 rings (SSSR count). The van der Waals surface area contributed by atoms with E-state index in [1.54, 1.807) is 0 Å². The van der Waals surface area contributed by atoms with Gasteiger partial charge in [0.25, 0.3) is 5.91 Å². The van der Waals surface area contributed by atoms with Crippen molar-refractivity contribution in [2.24, 2.45) is 0 Å². The van der Waals surface area contributed by atoms with E-state index >= 15 is 0 Å². The zero-order valence-electron chi connectivity index (χ0n) is 17.9. The monoisotopic (exact) mass is 409 g/mol. The summed E-state index contributed by atoms with van der Waals surface area (Å²) >= 11 is 0. The lowest BCUT2D eigenvalue weighted by molar-refractivity contribution is 0.0949. The van der Waals surface area contributed by atoms with Crippen molar-refractivity contribution in [2.75, 3.05) is 6.54 Å². The van der Waals surface area contributed by atoms with Crippen LogP contribution in [0.3, 0.4) is 0 Å². The number of benzene rings is 2. The summed E-state index contributed by atoms with van der Waals surface area (Å²) in [7, 11) is 0. The van der Waals surface area contributed by atoms with Crippen molar-refractivity contribution < 1.29 is 4.79 Å². The molecule has 2 aromatic carbocycles. The Morgan fingerprint density at radius 2 is 1.90 bits per heavy atom. The third-order valence-electron chi connectivity index (χ3n) is 6.17. The molecule has 1 aliphatic rings. The van der Waals surface area contributed by atoms with Crippen LogP contribution < -0.4 is 5.32 Å². The van der Waals surface area contributed by atoms with Crippen molar-refractivity contribution in [2.45, 2.75) is 39.0 Å². The second kappa shape index (κ2) is 8.38. The Morgan fingerprint density at radius 1 is 1.06 bits per heavy atom. The lowest BCUT2D eigenvalue weighted by atomic mass is 9.97. The zero-order chi connectivity index (χ0) is 21.2. The molecule has 0 saturated carbocycles. The molecule has 0 atom stereocenters. The van der Waals surface area contributed by atoms with Crippen LogP contribution in [0.4, 0.5) is 0 Å². The summed E-state index contributed by atoms with van der Waals surface area (Å²) in [6, 6.07) is 18.4. The summed E-state index contributed by atoms with van der Waals surface area (Å²) in [5, 5.41) is 5.22. The summed E-state index contributed by atoms with van der Waals surface area (Å²) in [6.45, 7) is 2.72. The molecule has 156 valence electrons. The van der Waals surface area contributed by atoms with E-state index in [-0.39, 0.29) is 5.91 Å². The number of nitrogens with zero attached hydrogens (tertiary/aromatic N) is 1. The molecule has 4 heteroatoms. The topological polar surface area (TPSA) is 57.8 Å². The van der Waals surface area contributed by atoms with E-state index in [1.807, 2.05) is 18.2 Å². The molecule has 1 aliphatic carbocycles. The van der Waals surface area contributed by atoms with Gasteiger partial charge in [-0.1, -0.05) is 59.7 Å². The smallest absolute Gasteiger partial charge is 0.269 e. The van der Waals surface area contributed by atoms with Crippen LogP contribution in [-0.4, -0.2) is 22.4 Å². The van der Waals surface area contributed by atoms with Gasteiger partial charge in [0, 0.05) is 28.4 Å². The quantitative estimate of drug-likeness (QED) is 0.379. The molecular weight excluding hydrogens is 382 g/mol. The van der Waals surface area contributed by atoms with Crippen LogP contribution in [0.25, 0.3) is 33.1 Å². The summed E-state index contributed by atoms with van der Waals surface area (Å²) in [5.74, 6) is -0.114. The Morgan fingerprint density at radius 3 is 2.71 bits per heavy atom. The summed E-state index contributed by atoms with van der Waals surface area (Å²) in [4.78, 5) is 21.3. The molecule has 31 heavy (non-hydrogen) atoms. The number of pyridine rings is 1. The molecule has 0 radical (unpaired) electrons. The van der Waals surface area contributed by atoms with E-state index in [1.165, 1.54) is 30.4 Å². The van der Waals surface area contributed by atoms with Gasteiger partial charge in [-0.25, -0.2) is 4.98 Å². The van der Waals surface area contributed by atoms with Crippen molar-refractivity contribution in [3.05, 3.63) is 77.5 Å². The number of allylic oxidation sites excluding steroid dienone is 1. The second-order valence-corrected chi connectivity index (χ2v) is 8.43. The number of aromatic nitrogens is 2. The average molecular weight is 410 g/mol. The molecule has 0 unspecified atom stereocenters. The molecule has 0 fully saturated rings. The van der Waals surface area contributed by atoms with Crippen LogP contribution in [0.1, 0.15) is 48.2 Å². The fourth-order valence-electron chi connectivity index (χ4n) is 4.44. The Hall–Kier alpha value is -3.40. The SMILES string of the molecule is Cc1ccc(-c2nc(C(=O)NCCC3=CCCCC3)cc3c2[nH]c2ccccc23)cc1. The number of carbonyl (C=O) groups is 1. The number of hydrogen-bond acceptors (Lipinski definition) is 2. The molecule has 1 amide bonds. The molecule has 0 aliphatic heterocycles. The number of rotatable bonds is 5. The van der Waals surface area contributed by atoms with E-state index in [0.717, 1.165) is 45.9 Å². The fourth-order valence-corrected chi connectivity index (χ4v) is 4.44. The van der Waals surface area contributed by atoms with Crippen LogP contribution in [0, 0.1) is 6.92 Å². The predicted octanol–water partition coefficient (Wildman–Crippen LogP) is 6.31. The molecule has 0 saturated heterocycles. The number of carbonyl (C=O) groups excluding carboxylic acids is 1. The zero-order valence-corrected chi connectivity index (χ0v) is 17.9. The Bertz CT molecular complexity index is 1280. The van der Waals surface area contributed by atoms with Crippen molar-refractivity contribution in [3.63, 3.8) is 0 Å². The largest absolute Gasteiger partial charge is 0.353 e. The number of aromatic amines is 1. The van der Waals surface area contributed by atoms with Gasteiger partial charge in [0.15, 0.2) is 0 Å². The Balaban J connectivity index is 1.51. The molecule has 0 spiro atoms. The van der Waals surface area contributed by atoms with Gasteiger partial charge >= 0.3 is 0 Å². The third-order valence-corrected chi connectivity index (χ3v) is 6.17. The van der Waals surface area contributed by atoms with Gasteiger partial charge in [0.1, 0.15) is 5.69 Å². The fraction of sp³-hybridized carbons (Fsp3) is 0.259. The third kappa shape index (κ3) is 3.98. The highest BCUT2D eigenvalue weighted by Crippen LogP contribution is 2.32. The van der Waals surface area contributed by atoms with E-state index < -0.39 is 0 Å². The van der Waals surface area contributed by atoms with Crippen LogP contribution in [-0.2, 0) is 0 Å². The van der Waals surface area contributed by atoms with Gasteiger partial charge < -0.3 is 10.3 Å². The number of H-pyrrole nitrogens is 1. The molecule has 4 aromatic rings. The average Bonchev–Trinajstić information content (AvgIpc) is 3.18. The van der Waals surface area contributed by atoms with Gasteiger partial charge in [-0.3, -0.25) is 4.79 Å². The van der Waals surface area contributed by atoms with Crippen molar-refractivity contribution in [1.82, 2.24) is 15.3 Å². The number of amides is 1. The predicted molar refractivity (Wildman–Crippen MR) is 127 cm³/mol. The summed E-state index contributed by atoms with van der Waals surface area (Å²) in [6.07, 6.45) is 8.13. The van der Waals surface area contributed by atoms with Crippen LogP contribution >= 0.6 is 0 Å². The van der Waals surface area contributed by atoms with Crippen molar-refractivity contribution in [1.29, 1.82) is 0 Å². The van der Waals surface area contributed by atoms with E-state index in [0.29, 0.717) is 12.2 Å². The first-order valence-corrected chi connectivity index (χ1v) is 11.1. The lowest BCUT2D eigenvalue weighted by Gasteiger charge is -2.13. The van der Waals surface area contributed by atoms with Crippen LogP contribution in [0.15, 0.2) is 66.2 Å². The summed E-state index contributed by atoms with van der Waals surface area (Å²) < 4.78 is 0. The van der Waals surface area contributed by atoms with E-state index in [4.69, 9.17) is 4.98 Å². The standard InChI is InChI=1S/C27H27N3O/c1-18-11-13-20(14-12-18)25-26-22(21-9-5-6-10-23(21)29-26)17-24(30-25)27(31)28-16-15-19-7-3-2-4-8-19/h5-7,9-14,17,29H,2-4,8,15-16H2,1H3,(H,28,31). The van der Waals surface area contributed by atoms with Gasteiger partial charge in [0.2, 0.25) is 0 Å². The number of aryl methyl sites for hydroxylation is 1. The molecule has 2 N–H and O–H groups in total. The van der Waals surface area contributed by atoms with Gasteiger partial charge in [-0.15, -0.1) is 0 Å². The molecular formula is C27H27N3O. The number of nitrogens with one attached hydrogen (secondary N) is 2. The summed E-state index contributed by atoms with van der Waals surface area (Å²) in [5.41, 5.74) is 6.96. The van der Waals surface area contributed by atoms with Crippen molar-refractivity contribution >= 4 is 27.7 Å². The lowest BCUT2D eigenvalue weighted by Crippen LogP contribution is -2.26. The molecule has 0 bridgehead atoms. The maximum absolute atomic E-state index is 13.0. The van der Waals surface area contributed by atoms with Crippen LogP contribution in [0.5, 0.6) is 0 Å². The van der Waals surface area contributed by atoms with E-state index in [2.05, 4.69) is 59.7 Å². The second-order valence-electron chi connectivity index (χ2n) is 8.43. The maximum Gasteiger partial charge on any atom is 0.269 e. The van der Waals surface area contributed by atoms with Crippen LogP contribution in [0.2, 0.25) is 0 Å². The number of para-hydroxylation sites is 1. The minimum atomic E-state index is -0.114. The van der Waals surface area contributed by atoms with Gasteiger partial charge in [-0.2, -0.15) is 0 Å². The minimum Gasteiger partial charge on any atom is -0.353 e. The first kappa shape index (κ1) is 19.6. The van der Waals surface area contributed by atoms with Gasteiger partial charge in [-0.05, 0) is 51.2 Å². The molecule has 2 aromatic heterocycles. The normalized spacial score (nSPS) is 14.0. The van der Waals surface area contributed by atoms with Crippen molar-refractivity contribution in [3.8, 4) is 11.3 Å². The number of fused-ring (bicyclic) bond motifs is 3.